The van der Waals surface area contributed by atoms with Gasteiger partial charge in [-0.3, -0.25) is 0 Å². The van der Waals surface area contributed by atoms with Crippen LogP contribution in [0.25, 0.3) is 55.4 Å². The Morgan fingerprint density at radius 1 is 0.767 bits per heavy atom. The number of nitrogens with zero attached hydrogens (tertiary/aromatic N) is 3. The van der Waals surface area contributed by atoms with Gasteiger partial charge in [-0.2, -0.15) is 0 Å². The van der Waals surface area contributed by atoms with E-state index in [2.05, 4.69) is 22.1 Å². The molecule has 0 saturated carbocycles. The third-order valence-electron chi connectivity index (χ3n) is 6.53. The fraction of sp³-hybridized carbons (Fsp3) is 0.184. The Morgan fingerprint density at radius 2 is 1.49 bits per heavy atom. The van der Waals surface area contributed by atoms with Gasteiger partial charge in [0.25, 0.3) is 0 Å². The molecule has 43 heavy (non-hydrogen) atoms. The van der Waals surface area contributed by atoms with Crippen LogP contribution in [0, 0.1) is 31.3 Å². The quantitative estimate of drug-likeness (QED) is 0.169. The van der Waals surface area contributed by atoms with Crippen LogP contribution in [0.3, 0.4) is 0 Å². The van der Waals surface area contributed by atoms with Gasteiger partial charge in [0.15, 0.2) is 0 Å². The second kappa shape index (κ2) is 12.6. The van der Waals surface area contributed by atoms with Crippen LogP contribution in [0.5, 0.6) is 0 Å². The minimum atomic E-state index is -2.22. The summed E-state index contributed by atoms with van der Waals surface area (Å²) < 4.78 is 68.0. The number of hydrogen-bond donors (Lipinski definition) is 0. The second-order valence-electron chi connectivity index (χ2n) is 10.9. The van der Waals surface area contributed by atoms with Crippen molar-refractivity contribution in [2.24, 2.45) is 5.41 Å². The maximum atomic E-state index is 8.64. The van der Waals surface area contributed by atoms with Crippen LogP contribution in [0.4, 0.5) is 0 Å². The van der Waals surface area contributed by atoms with Gasteiger partial charge < -0.3 is 14.4 Å². The minimum absolute atomic E-state index is 0. The standard InChI is InChI=1S/C26H23N2O.C12H10N.Ir/c1-16-8-13-22(27-15-16)21-7-5-6-19-20-12-10-17-9-11-18(14-26(2,3)4)28-23(17)25(20)29-24(19)21;1-10-7-8-12(13-9-10)11-5-3-2-4-6-11;/h5-6,8-13,15H,14H2,1-4H3;2-5,7-9H,1H3;/q2*-1;/i1D3,14D2;1D3;. The Hall–Kier alpha value is -4.18. The summed E-state index contributed by atoms with van der Waals surface area (Å²) in [6, 6.07) is 31.4. The van der Waals surface area contributed by atoms with E-state index in [1.165, 1.54) is 12.4 Å². The van der Waals surface area contributed by atoms with E-state index in [1.807, 2.05) is 63.2 Å². The predicted molar refractivity (Wildman–Crippen MR) is 172 cm³/mol. The van der Waals surface area contributed by atoms with E-state index in [0.29, 0.717) is 33.6 Å². The van der Waals surface area contributed by atoms with Gasteiger partial charge in [-0.05, 0) is 54.1 Å². The Balaban J connectivity index is 0.000000249. The molecule has 0 N–H and O–H groups in total. The van der Waals surface area contributed by atoms with E-state index < -0.39 is 25.5 Å². The van der Waals surface area contributed by atoms with E-state index in [1.54, 1.807) is 42.5 Å². The second-order valence-corrected chi connectivity index (χ2v) is 10.9. The molecule has 4 aromatic heterocycles. The molecule has 0 atom stereocenters. The first-order valence-corrected chi connectivity index (χ1v) is 13.5. The molecule has 7 rings (SSSR count). The van der Waals surface area contributed by atoms with Gasteiger partial charge >= 0.3 is 0 Å². The molecule has 0 saturated heterocycles. The minimum Gasteiger partial charge on any atom is -0.498 e. The summed E-state index contributed by atoms with van der Waals surface area (Å²) in [6.45, 7) is 1.25. The van der Waals surface area contributed by atoms with Crippen molar-refractivity contribution in [2.45, 2.75) is 40.8 Å². The summed E-state index contributed by atoms with van der Waals surface area (Å²) in [5.41, 5.74) is 4.66. The van der Waals surface area contributed by atoms with Crippen molar-refractivity contribution in [1.82, 2.24) is 15.0 Å². The summed E-state index contributed by atoms with van der Waals surface area (Å²) in [6.07, 6.45) is 1.11. The molecule has 0 fully saturated rings. The fourth-order valence-corrected chi connectivity index (χ4v) is 4.67. The smallest absolute Gasteiger partial charge is 0.147 e. The molecule has 7 aromatic rings. The zero-order valence-corrected chi connectivity index (χ0v) is 26.2. The Labute approximate surface area is 277 Å². The molecule has 4 nitrogen and oxygen atoms in total. The molecule has 0 bridgehead atoms. The van der Waals surface area contributed by atoms with E-state index in [4.69, 9.17) is 20.4 Å². The predicted octanol–water partition coefficient (Wildman–Crippen LogP) is 9.75. The van der Waals surface area contributed by atoms with Crippen molar-refractivity contribution in [3.8, 4) is 22.5 Å². The van der Waals surface area contributed by atoms with Crippen LogP contribution < -0.4 is 0 Å². The molecule has 3 aromatic carbocycles. The average Bonchev–Trinajstić information content (AvgIpc) is 3.47. The number of hydrogen-bond acceptors (Lipinski definition) is 4. The molecule has 0 aliphatic rings. The number of benzene rings is 3. The molecular formula is C38H33IrN3O-2. The maximum Gasteiger partial charge on any atom is 0.147 e. The van der Waals surface area contributed by atoms with Crippen molar-refractivity contribution in [2.75, 3.05) is 0 Å². The SMILES string of the molecule is [2H]C([2H])([2H])c1ccc(-c2[c-]ccc3c2oc2c3ccc3ccc(C([2H])([2H])C(C)(C)C)nc32)nc1.[2H]C([2H])([2H])c1ccc(-c2[c-]cccc2)nc1.[Ir]. The van der Waals surface area contributed by atoms with Gasteiger partial charge in [-0.25, -0.2) is 4.98 Å². The molecule has 0 aliphatic carbocycles. The van der Waals surface area contributed by atoms with Crippen LogP contribution >= 0.6 is 0 Å². The summed E-state index contributed by atoms with van der Waals surface area (Å²) in [5, 5.41) is 2.57. The first-order valence-electron chi connectivity index (χ1n) is 17.5. The van der Waals surface area contributed by atoms with Gasteiger partial charge in [0.2, 0.25) is 0 Å². The normalized spacial score (nSPS) is 15.0. The van der Waals surface area contributed by atoms with Crippen LogP contribution in [0.2, 0.25) is 0 Å². The number of pyridine rings is 3. The number of aryl methyl sites for hydroxylation is 2. The zero-order chi connectivity index (χ0) is 36.1. The summed E-state index contributed by atoms with van der Waals surface area (Å²) in [4.78, 5) is 13.2. The maximum absolute atomic E-state index is 8.64. The van der Waals surface area contributed by atoms with Crippen molar-refractivity contribution < 1.29 is 35.5 Å². The summed E-state index contributed by atoms with van der Waals surface area (Å²) in [7, 11) is 0. The molecule has 4 heterocycles. The summed E-state index contributed by atoms with van der Waals surface area (Å²) >= 11 is 0. The average molecular weight is 748 g/mol. The van der Waals surface area contributed by atoms with Crippen LogP contribution in [-0.4, -0.2) is 15.0 Å². The molecular weight excluding hydrogens is 707 g/mol. The van der Waals surface area contributed by atoms with E-state index in [-0.39, 0.29) is 31.2 Å². The largest absolute Gasteiger partial charge is 0.498 e. The van der Waals surface area contributed by atoms with Crippen LogP contribution in [0.1, 0.15) is 48.6 Å². The van der Waals surface area contributed by atoms with Gasteiger partial charge in [0.1, 0.15) is 11.1 Å². The van der Waals surface area contributed by atoms with E-state index in [0.717, 1.165) is 27.4 Å². The Kier molecular flexibility index (Phi) is 6.29. The molecule has 217 valence electrons. The van der Waals surface area contributed by atoms with E-state index in [9.17, 15) is 0 Å². The third-order valence-corrected chi connectivity index (χ3v) is 6.53. The molecule has 0 amide bonds. The Morgan fingerprint density at radius 3 is 2.14 bits per heavy atom. The number of aromatic nitrogens is 3. The van der Waals surface area contributed by atoms with Crippen LogP contribution in [-0.2, 0) is 26.5 Å². The molecule has 1 radical (unpaired) electrons. The zero-order valence-electron chi connectivity index (χ0n) is 31.8. The third kappa shape index (κ3) is 6.74. The van der Waals surface area contributed by atoms with Crippen molar-refractivity contribution in [3.05, 3.63) is 126 Å². The van der Waals surface area contributed by atoms with Gasteiger partial charge in [-0.1, -0.05) is 74.2 Å². The molecule has 0 spiro atoms. The number of furan rings is 1. The van der Waals surface area contributed by atoms with Crippen molar-refractivity contribution in [3.63, 3.8) is 0 Å². The monoisotopic (exact) mass is 748 g/mol. The molecule has 0 aliphatic heterocycles. The van der Waals surface area contributed by atoms with Crippen molar-refractivity contribution >= 4 is 32.8 Å². The first-order chi connectivity index (χ1) is 23.4. The molecule has 0 unspecified atom stereocenters. The summed E-state index contributed by atoms with van der Waals surface area (Å²) in [5.74, 6) is 0. The van der Waals surface area contributed by atoms with Crippen LogP contribution in [0.15, 0.2) is 102 Å². The number of rotatable bonds is 3. The van der Waals surface area contributed by atoms with E-state index >= 15 is 0 Å². The topological polar surface area (TPSA) is 51.8 Å². The fourth-order valence-electron chi connectivity index (χ4n) is 4.67. The molecule has 5 heteroatoms. The van der Waals surface area contributed by atoms with Gasteiger partial charge in [0.05, 0.1) is 5.58 Å². The first kappa shape index (κ1) is 21.5. The Bertz CT molecular complexity index is 2290. The van der Waals surface area contributed by atoms with Crippen molar-refractivity contribution in [1.29, 1.82) is 0 Å². The van der Waals surface area contributed by atoms with Gasteiger partial charge in [-0.15, -0.1) is 54.1 Å². The number of fused-ring (bicyclic) bond motifs is 5. The van der Waals surface area contributed by atoms with Gasteiger partial charge in [0, 0.05) is 59.9 Å².